The Morgan fingerprint density at radius 3 is 2.33 bits per heavy atom. The predicted molar refractivity (Wildman–Crippen MR) is 60.6 cm³/mol. The van der Waals surface area contributed by atoms with Crippen molar-refractivity contribution in [2.24, 2.45) is 0 Å². The fourth-order valence-electron chi connectivity index (χ4n) is 1.26. The third-order valence-corrected chi connectivity index (χ3v) is 2.82. The zero-order valence-corrected chi connectivity index (χ0v) is 8.65. The van der Waals surface area contributed by atoms with Gasteiger partial charge in [0.2, 0.25) is 0 Å². The van der Waals surface area contributed by atoms with Crippen molar-refractivity contribution in [1.29, 1.82) is 0 Å². The van der Waals surface area contributed by atoms with E-state index in [1.54, 1.807) is 23.5 Å². The Labute approximate surface area is 91.8 Å². The molecule has 0 spiro atoms. The standard InChI is InChI=1S/C10H9BO3S/c12-11(13)14-9-5-3-8(4-6-9)10-2-1-7-15-10/h1-7,12-13H. The van der Waals surface area contributed by atoms with Crippen molar-refractivity contribution < 1.29 is 14.7 Å². The van der Waals surface area contributed by atoms with Crippen LogP contribution < -0.4 is 4.65 Å². The van der Waals surface area contributed by atoms with E-state index in [0.29, 0.717) is 5.75 Å². The van der Waals surface area contributed by atoms with Crippen LogP contribution in [-0.4, -0.2) is 17.4 Å². The van der Waals surface area contributed by atoms with Gasteiger partial charge in [0, 0.05) is 4.88 Å². The summed E-state index contributed by atoms with van der Waals surface area (Å²) in [6.45, 7) is 0. The minimum absolute atomic E-state index is 0.435. The second kappa shape index (κ2) is 4.48. The van der Waals surface area contributed by atoms with E-state index >= 15 is 0 Å². The Hall–Kier alpha value is -1.30. The molecule has 0 atom stereocenters. The summed E-state index contributed by atoms with van der Waals surface area (Å²) < 4.78 is 4.70. The molecule has 1 aromatic heterocycles. The number of thiophene rings is 1. The van der Waals surface area contributed by atoms with Gasteiger partial charge < -0.3 is 14.7 Å². The van der Waals surface area contributed by atoms with Gasteiger partial charge in [-0.2, -0.15) is 0 Å². The highest BCUT2D eigenvalue weighted by Gasteiger charge is 2.10. The van der Waals surface area contributed by atoms with Gasteiger partial charge in [0.05, 0.1) is 0 Å². The Morgan fingerprint density at radius 2 is 1.80 bits per heavy atom. The lowest BCUT2D eigenvalue weighted by molar-refractivity contribution is 0.288. The minimum Gasteiger partial charge on any atom is -0.512 e. The Morgan fingerprint density at radius 1 is 1.07 bits per heavy atom. The Balaban J connectivity index is 2.17. The van der Waals surface area contributed by atoms with Gasteiger partial charge in [-0.05, 0) is 41.3 Å². The Bertz CT molecular complexity index is 411. The van der Waals surface area contributed by atoms with E-state index in [1.807, 2.05) is 29.6 Å². The first-order valence-corrected chi connectivity index (χ1v) is 5.30. The van der Waals surface area contributed by atoms with Crippen LogP contribution >= 0.6 is 11.3 Å². The van der Waals surface area contributed by atoms with E-state index in [0.717, 1.165) is 5.56 Å². The molecule has 3 nitrogen and oxygen atoms in total. The topological polar surface area (TPSA) is 49.7 Å². The first kappa shape index (κ1) is 10.2. The van der Waals surface area contributed by atoms with Crippen molar-refractivity contribution in [1.82, 2.24) is 0 Å². The van der Waals surface area contributed by atoms with Crippen molar-refractivity contribution in [3.8, 4) is 16.2 Å². The average molecular weight is 220 g/mol. The van der Waals surface area contributed by atoms with Crippen molar-refractivity contribution in [2.75, 3.05) is 0 Å². The molecule has 0 fully saturated rings. The molecular weight excluding hydrogens is 211 g/mol. The molecule has 0 unspecified atom stereocenters. The minimum atomic E-state index is -1.77. The lowest BCUT2D eigenvalue weighted by atomic mass is 10.1. The Kier molecular flexibility index (Phi) is 3.06. The third kappa shape index (κ3) is 2.59. The SMILES string of the molecule is OB(O)Oc1ccc(-c2cccs2)cc1. The molecule has 2 aromatic rings. The lowest BCUT2D eigenvalue weighted by Crippen LogP contribution is -2.20. The highest BCUT2D eigenvalue weighted by molar-refractivity contribution is 7.13. The van der Waals surface area contributed by atoms with Crippen LogP contribution in [0.25, 0.3) is 10.4 Å². The molecule has 2 N–H and O–H groups in total. The molecule has 15 heavy (non-hydrogen) atoms. The average Bonchev–Trinajstić information content (AvgIpc) is 2.71. The van der Waals surface area contributed by atoms with Crippen molar-refractivity contribution in [2.45, 2.75) is 0 Å². The van der Waals surface area contributed by atoms with Gasteiger partial charge in [-0.3, -0.25) is 0 Å². The normalized spacial score (nSPS) is 10.0. The molecule has 0 aliphatic heterocycles. The molecule has 0 aliphatic carbocycles. The molecular formula is C10H9BO3S. The fraction of sp³-hybridized carbons (Fsp3) is 0. The molecule has 0 saturated carbocycles. The van der Waals surface area contributed by atoms with Crippen LogP contribution in [0.2, 0.25) is 0 Å². The largest absolute Gasteiger partial charge is 0.707 e. The van der Waals surface area contributed by atoms with E-state index in [4.69, 9.17) is 14.7 Å². The maximum absolute atomic E-state index is 8.59. The molecule has 0 saturated heterocycles. The van der Waals surface area contributed by atoms with Gasteiger partial charge in [-0.25, -0.2) is 0 Å². The maximum atomic E-state index is 8.59. The molecule has 0 radical (unpaired) electrons. The maximum Gasteiger partial charge on any atom is 0.707 e. The van der Waals surface area contributed by atoms with Crippen LogP contribution in [-0.2, 0) is 0 Å². The highest BCUT2D eigenvalue weighted by Crippen LogP contribution is 2.26. The van der Waals surface area contributed by atoms with Gasteiger partial charge in [0.15, 0.2) is 0 Å². The summed E-state index contributed by atoms with van der Waals surface area (Å²) in [7, 11) is -1.77. The zero-order chi connectivity index (χ0) is 10.7. The van der Waals surface area contributed by atoms with Crippen molar-refractivity contribution in [3.63, 3.8) is 0 Å². The van der Waals surface area contributed by atoms with Crippen LogP contribution in [0.5, 0.6) is 5.75 Å². The molecule has 0 amide bonds. The predicted octanol–water partition coefficient (Wildman–Crippen LogP) is 1.76. The fourth-order valence-corrected chi connectivity index (χ4v) is 2.00. The smallest absolute Gasteiger partial charge is 0.512 e. The summed E-state index contributed by atoms with van der Waals surface area (Å²) in [6.07, 6.45) is 0. The van der Waals surface area contributed by atoms with Crippen LogP contribution in [0.4, 0.5) is 0 Å². The molecule has 0 aliphatic rings. The van der Waals surface area contributed by atoms with Crippen molar-refractivity contribution in [3.05, 3.63) is 41.8 Å². The first-order valence-electron chi connectivity index (χ1n) is 4.42. The lowest BCUT2D eigenvalue weighted by Gasteiger charge is -2.04. The van der Waals surface area contributed by atoms with Gasteiger partial charge in [0.1, 0.15) is 5.75 Å². The number of hydrogen-bond donors (Lipinski definition) is 2. The van der Waals surface area contributed by atoms with Crippen LogP contribution in [0.3, 0.4) is 0 Å². The summed E-state index contributed by atoms with van der Waals surface area (Å²) in [5.74, 6) is 0.435. The highest BCUT2D eigenvalue weighted by atomic mass is 32.1. The first-order chi connectivity index (χ1) is 7.25. The molecule has 1 aromatic carbocycles. The summed E-state index contributed by atoms with van der Waals surface area (Å²) in [4.78, 5) is 1.17. The second-order valence-corrected chi connectivity index (χ2v) is 3.89. The molecule has 2 rings (SSSR count). The van der Waals surface area contributed by atoms with Gasteiger partial charge in [-0.15, -0.1) is 11.3 Å². The number of hydrogen-bond acceptors (Lipinski definition) is 4. The summed E-state index contributed by atoms with van der Waals surface area (Å²) in [5.41, 5.74) is 1.09. The summed E-state index contributed by atoms with van der Waals surface area (Å²) in [5, 5.41) is 19.2. The van der Waals surface area contributed by atoms with Crippen LogP contribution in [0, 0.1) is 0 Å². The monoisotopic (exact) mass is 220 g/mol. The molecule has 0 bridgehead atoms. The van der Waals surface area contributed by atoms with Gasteiger partial charge >= 0.3 is 7.32 Å². The molecule has 5 heteroatoms. The van der Waals surface area contributed by atoms with Crippen LogP contribution in [0.1, 0.15) is 0 Å². The second-order valence-electron chi connectivity index (χ2n) is 2.95. The van der Waals surface area contributed by atoms with Gasteiger partial charge in [-0.1, -0.05) is 6.07 Å². The van der Waals surface area contributed by atoms with E-state index in [-0.39, 0.29) is 0 Å². The summed E-state index contributed by atoms with van der Waals surface area (Å²) in [6, 6.07) is 11.2. The van der Waals surface area contributed by atoms with Gasteiger partial charge in [0.25, 0.3) is 0 Å². The zero-order valence-electron chi connectivity index (χ0n) is 7.83. The number of rotatable bonds is 3. The van der Waals surface area contributed by atoms with E-state index in [2.05, 4.69) is 0 Å². The van der Waals surface area contributed by atoms with E-state index in [9.17, 15) is 0 Å². The summed E-state index contributed by atoms with van der Waals surface area (Å²) >= 11 is 1.66. The number of benzene rings is 1. The van der Waals surface area contributed by atoms with E-state index < -0.39 is 7.32 Å². The third-order valence-electron chi connectivity index (χ3n) is 1.90. The molecule has 76 valence electrons. The quantitative estimate of drug-likeness (QED) is 0.775. The van der Waals surface area contributed by atoms with E-state index in [1.165, 1.54) is 4.88 Å². The van der Waals surface area contributed by atoms with Crippen molar-refractivity contribution >= 4 is 18.7 Å². The van der Waals surface area contributed by atoms with Crippen LogP contribution in [0.15, 0.2) is 41.8 Å². The molecule has 1 heterocycles.